The Morgan fingerprint density at radius 1 is 1.17 bits per heavy atom. The van der Waals surface area contributed by atoms with E-state index in [1.54, 1.807) is 0 Å². The van der Waals surface area contributed by atoms with Crippen LogP contribution in [0.1, 0.15) is 11.7 Å². The number of aliphatic hydroxyl groups excluding tert-OH is 1. The summed E-state index contributed by atoms with van der Waals surface area (Å²) < 4.78 is 23.9. The number of alkyl halides is 2. The largest absolute Gasteiger partial charge is 0.382 e. The lowest BCUT2D eigenvalue weighted by molar-refractivity contribution is -0.00577. The standard InChI is InChI=1S/C8H7ClF2O/c9-6-3-1-5(2-4-6)7(12)8(10)11/h1-4,7-8,12H/t7-/m1/s1. The van der Waals surface area contributed by atoms with E-state index in [0.29, 0.717) is 5.02 Å². The lowest BCUT2D eigenvalue weighted by atomic mass is 10.1. The number of aliphatic hydroxyl groups is 1. The Kier molecular flexibility index (Phi) is 3.00. The van der Waals surface area contributed by atoms with Gasteiger partial charge in [-0.2, -0.15) is 0 Å². The highest BCUT2D eigenvalue weighted by Crippen LogP contribution is 2.21. The van der Waals surface area contributed by atoms with Gasteiger partial charge in [0.25, 0.3) is 6.43 Å². The fraction of sp³-hybridized carbons (Fsp3) is 0.250. The van der Waals surface area contributed by atoms with Gasteiger partial charge in [-0.15, -0.1) is 0 Å². The highest BCUT2D eigenvalue weighted by atomic mass is 35.5. The molecule has 66 valence electrons. The summed E-state index contributed by atoms with van der Waals surface area (Å²) in [6.07, 6.45) is -4.48. The minimum absolute atomic E-state index is 0.175. The normalized spacial score (nSPS) is 13.4. The van der Waals surface area contributed by atoms with Crippen molar-refractivity contribution in [3.05, 3.63) is 34.9 Å². The summed E-state index contributed by atoms with van der Waals surface area (Å²) in [7, 11) is 0. The predicted molar refractivity (Wildman–Crippen MR) is 42.4 cm³/mol. The van der Waals surface area contributed by atoms with Gasteiger partial charge in [-0.1, -0.05) is 23.7 Å². The summed E-state index contributed by atoms with van der Waals surface area (Å²) in [5, 5.41) is 9.35. The van der Waals surface area contributed by atoms with Crippen molar-refractivity contribution in [1.82, 2.24) is 0 Å². The van der Waals surface area contributed by atoms with Gasteiger partial charge in [0.1, 0.15) is 6.10 Å². The molecule has 12 heavy (non-hydrogen) atoms. The maximum atomic E-state index is 11.9. The molecule has 0 radical (unpaired) electrons. The van der Waals surface area contributed by atoms with Crippen LogP contribution < -0.4 is 0 Å². The van der Waals surface area contributed by atoms with Gasteiger partial charge in [-0.25, -0.2) is 8.78 Å². The monoisotopic (exact) mass is 192 g/mol. The third-order valence-electron chi connectivity index (χ3n) is 1.45. The van der Waals surface area contributed by atoms with Crippen LogP contribution in [-0.2, 0) is 0 Å². The zero-order valence-electron chi connectivity index (χ0n) is 6.05. The van der Waals surface area contributed by atoms with Gasteiger partial charge in [0.05, 0.1) is 0 Å². The van der Waals surface area contributed by atoms with Crippen molar-refractivity contribution in [1.29, 1.82) is 0 Å². The number of benzene rings is 1. The molecule has 0 aliphatic rings. The second-order valence-electron chi connectivity index (χ2n) is 2.33. The minimum atomic E-state index is -2.76. The zero-order chi connectivity index (χ0) is 9.14. The number of hydrogen-bond donors (Lipinski definition) is 1. The molecule has 0 aliphatic carbocycles. The summed E-state index contributed by atoms with van der Waals surface area (Å²) >= 11 is 5.53. The topological polar surface area (TPSA) is 20.2 Å². The smallest absolute Gasteiger partial charge is 0.268 e. The van der Waals surface area contributed by atoms with E-state index in [2.05, 4.69) is 0 Å². The van der Waals surface area contributed by atoms with Crippen molar-refractivity contribution < 1.29 is 13.9 Å². The SMILES string of the molecule is O[C@H](c1ccc(Cl)cc1)C(F)F. The summed E-state index contributed by atoms with van der Waals surface area (Å²) in [4.78, 5) is 0. The highest BCUT2D eigenvalue weighted by molar-refractivity contribution is 6.30. The van der Waals surface area contributed by atoms with Crippen molar-refractivity contribution in [2.24, 2.45) is 0 Å². The lowest BCUT2D eigenvalue weighted by Crippen LogP contribution is -2.07. The first kappa shape index (κ1) is 9.42. The van der Waals surface area contributed by atoms with E-state index in [-0.39, 0.29) is 5.56 Å². The molecular weight excluding hydrogens is 186 g/mol. The molecule has 1 aromatic carbocycles. The third kappa shape index (κ3) is 2.16. The molecule has 0 unspecified atom stereocenters. The summed E-state index contributed by atoms with van der Waals surface area (Å²) in [5.74, 6) is 0. The van der Waals surface area contributed by atoms with Crippen molar-refractivity contribution in [3.63, 3.8) is 0 Å². The van der Waals surface area contributed by atoms with Crippen molar-refractivity contribution in [2.45, 2.75) is 12.5 Å². The third-order valence-corrected chi connectivity index (χ3v) is 1.70. The number of hydrogen-bond acceptors (Lipinski definition) is 1. The second-order valence-corrected chi connectivity index (χ2v) is 2.77. The summed E-state index contributed by atoms with van der Waals surface area (Å²) in [6.45, 7) is 0. The molecule has 0 spiro atoms. The Morgan fingerprint density at radius 2 is 1.67 bits per heavy atom. The predicted octanol–water partition coefficient (Wildman–Crippen LogP) is 2.64. The van der Waals surface area contributed by atoms with Crippen molar-refractivity contribution >= 4 is 11.6 Å². The average molecular weight is 193 g/mol. The van der Waals surface area contributed by atoms with Gasteiger partial charge >= 0.3 is 0 Å². The molecule has 1 nitrogen and oxygen atoms in total. The molecular formula is C8H7ClF2O. The number of rotatable bonds is 2. The molecule has 0 heterocycles. The van der Waals surface area contributed by atoms with E-state index in [1.165, 1.54) is 24.3 Å². The van der Waals surface area contributed by atoms with Crippen LogP contribution in [0.25, 0.3) is 0 Å². The summed E-state index contributed by atoms with van der Waals surface area (Å²) in [6, 6.07) is 5.67. The molecule has 4 heteroatoms. The molecule has 1 aromatic rings. The first-order chi connectivity index (χ1) is 5.61. The summed E-state index contributed by atoms with van der Waals surface area (Å²) in [5.41, 5.74) is 0.175. The van der Waals surface area contributed by atoms with Crippen LogP contribution in [0.5, 0.6) is 0 Å². The van der Waals surface area contributed by atoms with E-state index in [4.69, 9.17) is 16.7 Å². The molecule has 1 atom stereocenters. The van der Waals surface area contributed by atoms with E-state index in [9.17, 15) is 8.78 Å². The molecule has 0 fully saturated rings. The fourth-order valence-corrected chi connectivity index (χ4v) is 0.931. The van der Waals surface area contributed by atoms with Crippen LogP contribution in [0.2, 0.25) is 5.02 Å². The Balaban J connectivity index is 2.82. The maximum Gasteiger partial charge on any atom is 0.268 e. The first-order valence-electron chi connectivity index (χ1n) is 3.33. The maximum absolute atomic E-state index is 11.9. The van der Waals surface area contributed by atoms with E-state index in [0.717, 1.165) is 0 Å². The molecule has 0 saturated heterocycles. The van der Waals surface area contributed by atoms with Gasteiger partial charge in [-0.3, -0.25) is 0 Å². The molecule has 0 aromatic heterocycles. The first-order valence-corrected chi connectivity index (χ1v) is 3.70. The van der Waals surface area contributed by atoms with Crippen LogP contribution >= 0.6 is 11.6 Å². The van der Waals surface area contributed by atoms with Crippen LogP contribution in [0.15, 0.2) is 24.3 Å². The second kappa shape index (κ2) is 3.83. The van der Waals surface area contributed by atoms with Crippen LogP contribution in [-0.4, -0.2) is 11.5 Å². The van der Waals surface area contributed by atoms with E-state index >= 15 is 0 Å². The highest BCUT2D eigenvalue weighted by Gasteiger charge is 2.18. The van der Waals surface area contributed by atoms with Crippen LogP contribution in [0.3, 0.4) is 0 Å². The Hall–Kier alpha value is -0.670. The van der Waals surface area contributed by atoms with Gasteiger partial charge in [-0.05, 0) is 17.7 Å². The Labute approximate surface area is 73.6 Å². The zero-order valence-corrected chi connectivity index (χ0v) is 6.80. The molecule has 0 amide bonds. The van der Waals surface area contributed by atoms with Crippen LogP contribution in [0.4, 0.5) is 8.78 Å². The minimum Gasteiger partial charge on any atom is -0.382 e. The number of halogens is 3. The van der Waals surface area contributed by atoms with Crippen molar-refractivity contribution in [2.75, 3.05) is 0 Å². The molecule has 1 N–H and O–H groups in total. The average Bonchev–Trinajstić information content (AvgIpc) is 2.04. The lowest BCUT2D eigenvalue weighted by Gasteiger charge is -2.08. The van der Waals surface area contributed by atoms with E-state index in [1.807, 2.05) is 0 Å². The molecule has 0 bridgehead atoms. The quantitative estimate of drug-likeness (QED) is 0.764. The van der Waals surface area contributed by atoms with Gasteiger partial charge in [0, 0.05) is 5.02 Å². The molecule has 1 rings (SSSR count). The van der Waals surface area contributed by atoms with E-state index < -0.39 is 12.5 Å². The van der Waals surface area contributed by atoms with Crippen LogP contribution in [0, 0.1) is 0 Å². The van der Waals surface area contributed by atoms with Gasteiger partial charge in [0.15, 0.2) is 0 Å². The molecule has 0 aliphatic heterocycles. The molecule has 0 saturated carbocycles. The fourth-order valence-electron chi connectivity index (χ4n) is 0.805. The van der Waals surface area contributed by atoms with Gasteiger partial charge < -0.3 is 5.11 Å². The van der Waals surface area contributed by atoms with Crippen molar-refractivity contribution in [3.8, 4) is 0 Å². The Bertz CT molecular complexity index is 248. The Morgan fingerprint density at radius 3 is 2.08 bits per heavy atom. The van der Waals surface area contributed by atoms with Gasteiger partial charge in [0.2, 0.25) is 0 Å².